The first-order valence-corrected chi connectivity index (χ1v) is 10.1. The number of hydrogen-bond donors (Lipinski definition) is 0. The van der Waals surface area contributed by atoms with Crippen LogP contribution in [0.25, 0.3) is 0 Å². The smallest absolute Gasteiger partial charge is 0.337 e. The van der Waals surface area contributed by atoms with Gasteiger partial charge in [0, 0.05) is 19.2 Å². The van der Waals surface area contributed by atoms with E-state index < -0.39 is 29.5 Å². The zero-order chi connectivity index (χ0) is 23.8. The highest BCUT2D eigenvalue weighted by Gasteiger charge is 2.35. The molecule has 0 unspecified atom stereocenters. The highest BCUT2D eigenvalue weighted by Crippen LogP contribution is 2.32. The molecule has 33 heavy (non-hydrogen) atoms. The van der Waals surface area contributed by atoms with Crippen LogP contribution < -0.4 is 0 Å². The summed E-state index contributed by atoms with van der Waals surface area (Å²) in [6.45, 7) is -0.245. The van der Waals surface area contributed by atoms with Gasteiger partial charge in [0.1, 0.15) is 0 Å². The topological polar surface area (TPSA) is 57.7 Å². The van der Waals surface area contributed by atoms with Gasteiger partial charge >= 0.3 is 6.18 Å². The van der Waals surface area contributed by atoms with Crippen LogP contribution in [-0.4, -0.2) is 34.6 Å². The van der Waals surface area contributed by atoms with Gasteiger partial charge in [-0.15, -0.1) is 0 Å². The Labute approximate surface area is 188 Å². The third-order valence-electron chi connectivity index (χ3n) is 5.47. The summed E-state index contributed by atoms with van der Waals surface area (Å²) in [4.78, 5) is 40.4. The molecule has 0 aliphatic carbocycles. The number of carbonyl (C=O) groups excluding carboxylic acids is 3. The molecule has 168 valence electrons. The molecular formula is C25H19F3N2O3. The monoisotopic (exact) mass is 452 g/mol. The lowest BCUT2D eigenvalue weighted by Gasteiger charge is -2.21. The summed E-state index contributed by atoms with van der Waals surface area (Å²) in [5, 5.41) is 0. The zero-order valence-corrected chi connectivity index (χ0v) is 17.6. The summed E-state index contributed by atoms with van der Waals surface area (Å²) < 4.78 is 39.8. The zero-order valence-electron chi connectivity index (χ0n) is 17.6. The van der Waals surface area contributed by atoms with Gasteiger partial charge in [-0.1, -0.05) is 42.5 Å². The fourth-order valence-electron chi connectivity index (χ4n) is 3.85. The van der Waals surface area contributed by atoms with Gasteiger partial charge in [0.05, 0.1) is 23.2 Å². The van der Waals surface area contributed by atoms with E-state index in [4.69, 9.17) is 0 Å². The van der Waals surface area contributed by atoms with E-state index in [1.807, 2.05) is 0 Å². The molecule has 1 aliphatic heterocycles. The first kappa shape index (κ1) is 22.3. The molecule has 4 rings (SSSR count). The van der Waals surface area contributed by atoms with Crippen molar-refractivity contribution in [2.45, 2.75) is 19.3 Å². The predicted octanol–water partition coefficient (Wildman–Crippen LogP) is 4.77. The van der Waals surface area contributed by atoms with Gasteiger partial charge in [-0.25, -0.2) is 0 Å². The van der Waals surface area contributed by atoms with Gasteiger partial charge in [0.2, 0.25) is 0 Å². The first-order valence-electron chi connectivity index (χ1n) is 10.1. The summed E-state index contributed by atoms with van der Waals surface area (Å²) in [7, 11) is 1.42. The van der Waals surface area contributed by atoms with Crippen molar-refractivity contribution in [3.05, 3.63) is 106 Å². The Morgan fingerprint density at radius 1 is 0.879 bits per heavy atom. The molecule has 3 aromatic rings. The number of nitrogens with zero attached hydrogens (tertiary/aromatic N) is 2. The number of fused-ring (bicyclic) bond motifs is 1. The second kappa shape index (κ2) is 8.54. The molecule has 0 spiro atoms. The Bertz CT molecular complexity index is 1220. The van der Waals surface area contributed by atoms with Crippen molar-refractivity contribution >= 4 is 17.7 Å². The van der Waals surface area contributed by atoms with Gasteiger partial charge in [0.25, 0.3) is 17.7 Å². The largest absolute Gasteiger partial charge is 0.416 e. The third kappa shape index (κ3) is 4.37. The maximum atomic E-state index is 13.3. The Morgan fingerprint density at radius 3 is 2.12 bits per heavy atom. The fraction of sp³-hybridized carbons (Fsp3) is 0.160. The molecule has 0 radical (unpaired) electrons. The number of imide groups is 1. The highest BCUT2D eigenvalue weighted by atomic mass is 19.4. The van der Waals surface area contributed by atoms with E-state index in [1.165, 1.54) is 36.2 Å². The van der Waals surface area contributed by atoms with Crippen LogP contribution in [0.4, 0.5) is 13.2 Å². The van der Waals surface area contributed by atoms with Crippen LogP contribution >= 0.6 is 0 Å². The quantitative estimate of drug-likeness (QED) is 0.524. The number of hydrogen-bond acceptors (Lipinski definition) is 3. The molecule has 0 fully saturated rings. The molecule has 3 aromatic carbocycles. The van der Waals surface area contributed by atoms with E-state index in [-0.39, 0.29) is 24.2 Å². The molecule has 0 N–H and O–H groups in total. The van der Waals surface area contributed by atoms with Gasteiger partial charge in [-0.3, -0.25) is 19.3 Å². The van der Waals surface area contributed by atoms with Crippen molar-refractivity contribution in [3.8, 4) is 0 Å². The van der Waals surface area contributed by atoms with Crippen LogP contribution in [0.15, 0.2) is 72.8 Å². The normalized spacial score (nSPS) is 13.3. The van der Waals surface area contributed by atoms with E-state index >= 15 is 0 Å². The molecule has 0 aromatic heterocycles. The molecule has 1 aliphatic rings. The Kier molecular flexibility index (Phi) is 5.76. The second-order valence-corrected chi connectivity index (χ2v) is 7.76. The van der Waals surface area contributed by atoms with Gasteiger partial charge < -0.3 is 4.90 Å². The molecule has 0 atom stereocenters. The van der Waals surface area contributed by atoms with Crippen molar-refractivity contribution in [1.82, 2.24) is 9.80 Å². The van der Waals surface area contributed by atoms with Crippen molar-refractivity contribution < 1.29 is 27.6 Å². The molecule has 3 amide bonds. The summed E-state index contributed by atoms with van der Waals surface area (Å²) in [5.41, 5.74) is 0.665. The maximum absolute atomic E-state index is 13.3. The van der Waals surface area contributed by atoms with Crippen LogP contribution in [0.5, 0.6) is 0 Å². The molecular weight excluding hydrogens is 433 g/mol. The predicted molar refractivity (Wildman–Crippen MR) is 114 cm³/mol. The van der Waals surface area contributed by atoms with E-state index in [1.54, 1.807) is 42.5 Å². The van der Waals surface area contributed by atoms with Crippen molar-refractivity contribution in [3.63, 3.8) is 0 Å². The summed E-state index contributed by atoms with van der Waals surface area (Å²) in [6, 6.07) is 18.0. The summed E-state index contributed by atoms with van der Waals surface area (Å²) in [5.74, 6) is -1.29. The highest BCUT2D eigenvalue weighted by molar-refractivity contribution is 6.21. The van der Waals surface area contributed by atoms with E-state index in [0.29, 0.717) is 16.7 Å². The molecule has 0 bridgehead atoms. The minimum atomic E-state index is -4.52. The van der Waals surface area contributed by atoms with Crippen LogP contribution in [0.3, 0.4) is 0 Å². The van der Waals surface area contributed by atoms with Crippen molar-refractivity contribution in [1.29, 1.82) is 0 Å². The molecule has 0 saturated heterocycles. The van der Waals surface area contributed by atoms with Crippen LogP contribution in [0.1, 0.15) is 47.8 Å². The van der Waals surface area contributed by atoms with E-state index in [9.17, 15) is 27.6 Å². The number of rotatable bonds is 5. The molecule has 1 heterocycles. The lowest BCUT2D eigenvalue weighted by molar-refractivity contribution is -0.138. The van der Waals surface area contributed by atoms with Crippen molar-refractivity contribution in [2.75, 3.05) is 7.05 Å². The van der Waals surface area contributed by atoms with Crippen LogP contribution in [0.2, 0.25) is 0 Å². The van der Waals surface area contributed by atoms with Crippen LogP contribution in [-0.2, 0) is 19.3 Å². The third-order valence-corrected chi connectivity index (χ3v) is 5.47. The summed E-state index contributed by atoms with van der Waals surface area (Å²) >= 11 is 0. The molecule has 0 saturated carbocycles. The summed E-state index contributed by atoms with van der Waals surface area (Å²) in [6.07, 6.45) is -4.52. The van der Waals surface area contributed by atoms with Gasteiger partial charge in [0.15, 0.2) is 0 Å². The Morgan fingerprint density at radius 2 is 1.48 bits per heavy atom. The number of benzene rings is 3. The lowest BCUT2D eigenvalue weighted by Crippen LogP contribution is -2.30. The first-order chi connectivity index (χ1) is 15.7. The minimum absolute atomic E-state index is 0.0111. The number of halogens is 3. The number of amides is 3. The SMILES string of the molecule is CN(Cc1ccccc1C(F)(F)F)C(=O)c1cccc(CN2C(=O)c3ccccc3C2=O)c1. The lowest BCUT2D eigenvalue weighted by atomic mass is 10.1. The molecule has 8 heteroatoms. The Hall–Kier alpha value is -3.94. The number of alkyl halides is 3. The second-order valence-electron chi connectivity index (χ2n) is 7.76. The van der Waals surface area contributed by atoms with Crippen LogP contribution in [0, 0.1) is 0 Å². The maximum Gasteiger partial charge on any atom is 0.416 e. The number of carbonyl (C=O) groups is 3. The van der Waals surface area contributed by atoms with E-state index in [0.717, 1.165) is 11.0 Å². The molecule has 5 nitrogen and oxygen atoms in total. The van der Waals surface area contributed by atoms with Crippen molar-refractivity contribution in [2.24, 2.45) is 0 Å². The average molecular weight is 452 g/mol. The fourth-order valence-corrected chi connectivity index (χ4v) is 3.85. The average Bonchev–Trinajstić information content (AvgIpc) is 3.03. The van der Waals surface area contributed by atoms with Gasteiger partial charge in [-0.05, 0) is 41.5 Å². The van der Waals surface area contributed by atoms with Gasteiger partial charge in [-0.2, -0.15) is 13.2 Å². The Balaban J connectivity index is 1.51. The minimum Gasteiger partial charge on any atom is -0.337 e. The van der Waals surface area contributed by atoms with E-state index in [2.05, 4.69) is 0 Å². The standard InChI is InChI=1S/C25H19F3N2O3/c1-29(15-18-8-2-5-12-21(18)25(26,27)28)22(31)17-9-6-7-16(13-17)14-30-23(32)19-10-3-4-11-20(19)24(30)33/h2-13H,14-15H2,1H3.